The number of methoxy groups -OCH3 is 1. The summed E-state index contributed by atoms with van der Waals surface area (Å²) in [5.74, 6) is 0.932. The second-order valence-electron chi connectivity index (χ2n) is 2.21. The molecular weight excluding hydrogens is 136 g/mol. The number of ether oxygens (including phenoxy) is 1. The lowest BCUT2D eigenvalue weighted by atomic mass is 10.3. The van der Waals surface area contributed by atoms with Crippen molar-refractivity contribution in [3.63, 3.8) is 0 Å². The van der Waals surface area contributed by atoms with Crippen molar-refractivity contribution < 1.29 is 4.74 Å². The highest BCUT2D eigenvalue weighted by molar-refractivity contribution is 5.07. The Bertz CT molecular complexity index is 164. The van der Waals surface area contributed by atoms with E-state index in [4.69, 9.17) is 4.74 Å². The summed E-state index contributed by atoms with van der Waals surface area (Å²) >= 11 is 0. The maximum atomic E-state index is 4.95. The van der Waals surface area contributed by atoms with Crippen LogP contribution < -0.4 is 0 Å². The predicted molar refractivity (Wildman–Crippen MR) is 49.3 cm³/mol. The first-order chi connectivity index (χ1) is 5.31. The maximum Gasteiger partial charge on any atom is 0.0924 e. The Morgan fingerprint density at radius 3 is 2.64 bits per heavy atom. The third-order valence-electron chi connectivity index (χ3n) is 1.30. The summed E-state index contributed by atoms with van der Waals surface area (Å²) in [5, 5.41) is 0. The molecule has 0 saturated carbocycles. The van der Waals surface area contributed by atoms with Gasteiger partial charge in [-0.1, -0.05) is 24.3 Å². The van der Waals surface area contributed by atoms with Gasteiger partial charge >= 0.3 is 0 Å². The molecular formula is C10H16O. The molecule has 0 aromatic rings. The van der Waals surface area contributed by atoms with Crippen LogP contribution in [0.3, 0.4) is 0 Å². The van der Waals surface area contributed by atoms with Gasteiger partial charge in [0.25, 0.3) is 0 Å². The molecule has 0 saturated heterocycles. The predicted octanol–water partition coefficient (Wildman–Crippen LogP) is 3.06. The van der Waals surface area contributed by atoms with E-state index in [0.717, 1.165) is 12.2 Å². The molecule has 0 aliphatic heterocycles. The van der Waals surface area contributed by atoms with E-state index in [9.17, 15) is 0 Å². The van der Waals surface area contributed by atoms with Gasteiger partial charge < -0.3 is 4.74 Å². The average Bonchev–Trinajstić information content (AvgIpc) is 2.04. The van der Waals surface area contributed by atoms with Gasteiger partial charge in [0.05, 0.1) is 12.9 Å². The van der Waals surface area contributed by atoms with Crippen LogP contribution in [0.2, 0.25) is 0 Å². The summed E-state index contributed by atoms with van der Waals surface area (Å²) in [5.41, 5.74) is 0. The van der Waals surface area contributed by atoms with E-state index < -0.39 is 0 Å². The van der Waals surface area contributed by atoms with Crippen molar-refractivity contribution in [3.05, 3.63) is 36.1 Å². The zero-order chi connectivity index (χ0) is 8.53. The van der Waals surface area contributed by atoms with Crippen LogP contribution in [0.1, 0.15) is 20.3 Å². The van der Waals surface area contributed by atoms with Crippen LogP contribution in [0.5, 0.6) is 0 Å². The highest BCUT2D eigenvalue weighted by Gasteiger charge is 1.76. The molecule has 0 fully saturated rings. The van der Waals surface area contributed by atoms with Crippen LogP contribution in [0, 0.1) is 0 Å². The van der Waals surface area contributed by atoms with Gasteiger partial charge in [0.15, 0.2) is 0 Å². The summed E-state index contributed by atoms with van der Waals surface area (Å²) < 4.78 is 4.95. The SMILES string of the molecule is C/C=C\CC=C/C=C(\C)OC. The molecule has 0 N–H and O–H groups in total. The van der Waals surface area contributed by atoms with Gasteiger partial charge in [-0.3, -0.25) is 0 Å². The normalized spacial score (nSPS) is 13.2. The van der Waals surface area contributed by atoms with E-state index in [-0.39, 0.29) is 0 Å². The summed E-state index contributed by atoms with van der Waals surface area (Å²) in [6.45, 7) is 3.95. The number of rotatable bonds is 4. The molecule has 0 amide bonds. The van der Waals surface area contributed by atoms with Gasteiger partial charge in [-0.15, -0.1) is 0 Å². The molecule has 0 aliphatic rings. The zero-order valence-electron chi connectivity index (χ0n) is 7.50. The van der Waals surface area contributed by atoms with Crippen molar-refractivity contribution in [1.82, 2.24) is 0 Å². The van der Waals surface area contributed by atoms with Gasteiger partial charge in [0.1, 0.15) is 0 Å². The molecule has 0 radical (unpaired) electrons. The Balaban J connectivity index is 3.58. The summed E-state index contributed by atoms with van der Waals surface area (Å²) in [4.78, 5) is 0. The molecule has 0 aliphatic carbocycles. The van der Waals surface area contributed by atoms with Crippen LogP contribution in [0.15, 0.2) is 36.1 Å². The molecule has 62 valence electrons. The third kappa shape index (κ3) is 6.91. The van der Waals surface area contributed by atoms with Crippen molar-refractivity contribution in [1.29, 1.82) is 0 Å². The largest absolute Gasteiger partial charge is 0.501 e. The lowest BCUT2D eigenvalue weighted by molar-refractivity contribution is 0.294. The lowest BCUT2D eigenvalue weighted by Crippen LogP contribution is -1.75. The number of allylic oxidation sites excluding steroid dienone is 6. The minimum Gasteiger partial charge on any atom is -0.501 e. The average molecular weight is 152 g/mol. The van der Waals surface area contributed by atoms with E-state index in [1.807, 2.05) is 32.1 Å². The van der Waals surface area contributed by atoms with Gasteiger partial charge in [-0.2, -0.15) is 0 Å². The smallest absolute Gasteiger partial charge is 0.0924 e. The molecule has 0 bridgehead atoms. The van der Waals surface area contributed by atoms with Gasteiger partial charge in [0, 0.05) is 0 Å². The second-order valence-corrected chi connectivity index (χ2v) is 2.21. The van der Waals surface area contributed by atoms with Crippen LogP contribution in [-0.2, 0) is 4.74 Å². The van der Waals surface area contributed by atoms with E-state index in [1.54, 1.807) is 7.11 Å². The van der Waals surface area contributed by atoms with Crippen LogP contribution >= 0.6 is 0 Å². The molecule has 0 aromatic carbocycles. The summed E-state index contributed by atoms with van der Waals surface area (Å²) in [6, 6.07) is 0. The maximum absolute atomic E-state index is 4.95. The fourth-order valence-electron chi connectivity index (χ4n) is 0.565. The lowest BCUT2D eigenvalue weighted by Gasteiger charge is -1.93. The highest BCUT2D eigenvalue weighted by Crippen LogP contribution is 1.93. The molecule has 0 unspecified atom stereocenters. The fraction of sp³-hybridized carbons (Fsp3) is 0.400. The monoisotopic (exact) mass is 152 g/mol. The molecule has 1 heteroatoms. The van der Waals surface area contributed by atoms with Crippen LogP contribution in [-0.4, -0.2) is 7.11 Å². The van der Waals surface area contributed by atoms with Gasteiger partial charge in [-0.05, 0) is 26.3 Å². The Labute approximate surface area is 69.1 Å². The molecule has 1 nitrogen and oxygen atoms in total. The van der Waals surface area contributed by atoms with Crippen molar-refractivity contribution >= 4 is 0 Å². The van der Waals surface area contributed by atoms with Crippen molar-refractivity contribution in [2.75, 3.05) is 7.11 Å². The quantitative estimate of drug-likeness (QED) is 0.342. The first-order valence-corrected chi connectivity index (χ1v) is 3.79. The Morgan fingerprint density at radius 2 is 2.09 bits per heavy atom. The minimum absolute atomic E-state index is 0.932. The second kappa shape index (κ2) is 7.13. The Kier molecular flexibility index (Phi) is 6.50. The fourth-order valence-corrected chi connectivity index (χ4v) is 0.565. The first kappa shape index (κ1) is 10.0. The first-order valence-electron chi connectivity index (χ1n) is 3.79. The van der Waals surface area contributed by atoms with Crippen LogP contribution in [0.25, 0.3) is 0 Å². The van der Waals surface area contributed by atoms with Crippen molar-refractivity contribution in [2.24, 2.45) is 0 Å². The molecule has 11 heavy (non-hydrogen) atoms. The Hall–Kier alpha value is -0.980. The van der Waals surface area contributed by atoms with Gasteiger partial charge in [0.2, 0.25) is 0 Å². The topological polar surface area (TPSA) is 9.23 Å². The summed E-state index contributed by atoms with van der Waals surface area (Å²) in [7, 11) is 1.67. The van der Waals surface area contributed by atoms with E-state index in [1.165, 1.54) is 0 Å². The van der Waals surface area contributed by atoms with E-state index in [0.29, 0.717) is 0 Å². The number of hydrogen-bond acceptors (Lipinski definition) is 1. The van der Waals surface area contributed by atoms with Gasteiger partial charge in [-0.25, -0.2) is 0 Å². The molecule has 0 heterocycles. The van der Waals surface area contributed by atoms with E-state index >= 15 is 0 Å². The molecule has 0 atom stereocenters. The molecule has 0 aromatic heterocycles. The van der Waals surface area contributed by atoms with Crippen LogP contribution in [0.4, 0.5) is 0 Å². The van der Waals surface area contributed by atoms with Crippen molar-refractivity contribution in [2.45, 2.75) is 20.3 Å². The van der Waals surface area contributed by atoms with Crippen molar-refractivity contribution in [3.8, 4) is 0 Å². The highest BCUT2D eigenvalue weighted by atomic mass is 16.5. The standard InChI is InChI=1S/C10H16O/c1-4-5-6-7-8-9-10(2)11-3/h4-5,7-9H,6H2,1-3H3/b5-4-,8-7?,10-9+. The zero-order valence-corrected chi connectivity index (χ0v) is 7.50. The Morgan fingerprint density at radius 1 is 1.36 bits per heavy atom. The summed E-state index contributed by atoms with van der Waals surface area (Å²) in [6.07, 6.45) is 11.2. The number of hydrogen-bond donors (Lipinski definition) is 0. The van der Waals surface area contributed by atoms with E-state index in [2.05, 4.69) is 12.2 Å². The minimum atomic E-state index is 0.932. The molecule has 0 spiro atoms. The molecule has 0 rings (SSSR count). The third-order valence-corrected chi connectivity index (χ3v) is 1.30.